The fraction of sp³-hybridized carbons (Fsp3) is 0.471. The molecule has 0 aliphatic carbocycles. The van der Waals surface area contributed by atoms with E-state index in [0.29, 0.717) is 6.61 Å². The molecule has 2 aliphatic heterocycles. The van der Waals surface area contributed by atoms with Crippen LogP contribution in [0, 0.1) is 9.49 Å². The topological polar surface area (TPSA) is 81.3 Å². The largest absolute Gasteiger partial charge is 0.374 e. The molecule has 0 saturated carbocycles. The number of halogens is 1. The lowest BCUT2D eigenvalue weighted by molar-refractivity contribution is -0.121. The predicted molar refractivity (Wildman–Crippen MR) is 99.7 cm³/mol. The minimum absolute atomic E-state index is 0.141. The number of nitrogens with zero attached hydrogens (tertiary/aromatic N) is 3. The van der Waals surface area contributed by atoms with E-state index in [0.717, 1.165) is 49.1 Å². The number of ether oxygens (including phenoxy) is 1. The first kappa shape index (κ1) is 16.0. The van der Waals surface area contributed by atoms with Crippen LogP contribution in [0.15, 0.2) is 24.5 Å². The van der Waals surface area contributed by atoms with E-state index in [9.17, 15) is 4.79 Å². The van der Waals surface area contributed by atoms with Crippen LogP contribution in [0.3, 0.4) is 0 Å². The molecule has 1 spiro atoms. The van der Waals surface area contributed by atoms with Crippen LogP contribution in [0.4, 0.5) is 5.82 Å². The summed E-state index contributed by atoms with van der Waals surface area (Å²) in [6, 6.07) is 6.22. The second kappa shape index (κ2) is 6.11. The number of fused-ring (bicyclic) bond motifs is 1. The number of piperidine rings is 1. The van der Waals surface area contributed by atoms with Crippen molar-refractivity contribution in [3.63, 3.8) is 0 Å². The van der Waals surface area contributed by atoms with Gasteiger partial charge in [-0.25, -0.2) is 9.97 Å². The molecular weight excluding hydrogens is 419 g/mol. The molecule has 2 fully saturated rings. The summed E-state index contributed by atoms with van der Waals surface area (Å²) < 4.78 is 7.16. The molecule has 2 aliphatic rings. The lowest BCUT2D eigenvalue weighted by Crippen LogP contribution is -2.44. The van der Waals surface area contributed by atoms with Crippen LogP contribution < -0.4 is 10.6 Å². The standard InChI is InChI=1S/C17H19IN4O2/c18-12-1-2-14-13(7-12)16(21-10-20-14)22-5-3-17(4-6-22)8-11(9-24-17)15(19)23/h1-2,7,10-11H,3-6,8-9H2,(H2,19,23). The van der Waals surface area contributed by atoms with Crippen molar-refractivity contribution in [3.05, 3.63) is 28.1 Å². The van der Waals surface area contributed by atoms with E-state index in [2.05, 4.69) is 49.6 Å². The highest BCUT2D eigenvalue weighted by Gasteiger charge is 2.44. The molecular formula is C17H19IN4O2. The van der Waals surface area contributed by atoms with E-state index < -0.39 is 0 Å². The van der Waals surface area contributed by atoms with Gasteiger partial charge in [0.25, 0.3) is 0 Å². The van der Waals surface area contributed by atoms with Crippen molar-refractivity contribution in [2.45, 2.75) is 24.9 Å². The number of primary amides is 1. The van der Waals surface area contributed by atoms with Gasteiger partial charge < -0.3 is 15.4 Å². The second-order valence-electron chi connectivity index (χ2n) is 6.64. The first-order valence-electron chi connectivity index (χ1n) is 8.15. The molecule has 1 aromatic carbocycles. The number of carbonyl (C=O) groups is 1. The SMILES string of the molecule is NC(=O)C1COC2(CCN(c3ncnc4ccc(I)cc34)CC2)C1. The summed E-state index contributed by atoms with van der Waals surface area (Å²) in [6.07, 6.45) is 4.17. The Hall–Kier alpha value is -1.48. The highest BCUT2D eigenvalue weighted by Crippen LogP contribution is 2.40. The van der Waals surface area contributed by atoms with Crippen molar-refractivity contribution in [2.75, 3.05) is 24.6 Å². The summed E-state index contributed by atoms with van der Waals surface area (Å²) in [5.41, 5.74) is 6.21. The van der Waals surface area contributed by atoms with Crippen molar-refractivity contribution >= 4 is 45.2 Å². The Morgan fingerprint density at radius 3 is 2.83 bits per heavy atom. The van der Waals surface area contributed by atoms with Crippen molar-refractivity contribution in [3.8, 4) is 0 Å². The van der Waals surface area contributed by atoms with Crippen molar-refractivity contribution in [1.82, 2.24) is 9.97 Å². The number of hydrogen-bond donors (Lipinski definition) is 1. The van der Waals surface area contributed by atoms with Gasteiger partial charge in [0.2, 0.25) is 5.91 Å². The van der Waals surface area contributed by atoms with E-state index in [1.165, 1.54) is 3.57 Å². The molecule has 1 amide bonds. The highest BCUT2D eigenvalue weighted by molar-refractivity contribution is 14.1. The number of benzene rings is 1. The molecule has 4 rings (SSSR count). The maximum atomic E-state index is 11.4. The molecule has 0 bridgehead atoms. The maximum absolute atomic E-state index is 11.4. The number of rotatable bonds is 2. The third-order valence-corrected chi connectivity index (χ3v) is 5.83. The van der Waals surface area contributed by atoms with E-state index in [4.69, 9.17) is 10.5 Å². The van der Waals surface area contributed by atoms with Crippen LogP contribution in [0.5, 0.6) is 0 Å². The minimum atomic E-state index is -0.245. The van der Waals surface area contributed by atoms with Gasteiger partial charge in [-0.05, 0) is 60.1 Å². The first-order valence-corrected chi connectivity index (χ1v) is 9.23. The average molecular weight is 438 g/mol. The molecule has 1 unspecified atom stereocenters. The smallest absolute Gasteiger partial charge is 0.222 e. The number of anilines is 1. The van der Waals surface area contributed by atoms with Crippen LogP contribution in [-0.2, 0) is 9.53 Å². The van der Waals surface area contributed by atoms with Gasteiger partial charge >= 0.3 is 0 Å². The zero-order chi connectivity index (χ0) is 16.7. The highest BCUT2D eigenvalue weighted by atomic mass is 127. The predicted octanol–water partition coefficient (Wildman–Crippen LogP) is 2.10. The van der Waals surface area contributed by atoms with E-state index in [1.54, 1.807) is 6.33 Å². The van der Waals surface area contributed by atoms with E-state index in [-0.39, 0.29) is 17.4 Å². The Bertz CT molecular complexity index is 789. The van der Waals surface area contributed by atoms with Gasteiger partial charge in [0.05, 0.1) is 23.6 Å². The van der Waals surface area contributed by atoms with Gasteiger partial charge in [0, 0.05) is 22.0 Å². The van der Waals surface area contributed by atoms with Crippen molar-refractivity contribution in [2.24, 2.45) is 11.7 Å². The number of amides is 1. The normalized spacial score (nSPS) is 23.0. The molecule has 6 nitrogen and oxygen atoms in total. The summed E-state index contributed by atoms with van der Waals surface area (Å²) in [5, 5.41) is 1.09. The van der Waals surface area contributed by atoms with Gasteiger partial charge in [-0.2, -0.15) is 0 Å². The van der Waals surface area contributed by atoms with Gasteiger partial charge in [-0.15, -0.1) is 0 Å². The lowest BCUT2D eigenvalue weighted by Gasteiger charge is -2.39. The quantitative estimate of drug-likeness (QED) is 0.727. The summed E-state index contributed by atoms with van der Waals surface area (Å²) in [7, 11) is 0. The molecule has 2 N–H and O–H groups in total. The fourth-order valence-corrected chi connectivity index (χ4v) is 4.26. The monoisotopic (exact) mass is 438 g/mol. The van der Waals surface area contributed by atoms with Crippen LogP contribution in [-0.4, -0.2) is 41.2 Å². The lowest BCUT2D eigenvalue weighted by atomic mass is 9.85. The van der Waals surface area contributed by atoms with Crippen LogP contribution in [0.2, 0.25) is 0 Å². The Balaban J connectivity index is 1.55. The molecule has 7 heteroatoms. The van der Waals surface area contributed by atoms with Crippen LogP contribution in [0.25, 0.3) is 10.9 Å². The fourth-order valence-electron chi connectivity index (χ4n) is 3.77. The molecule has 1 atom stereocenters. The third-order valence-electron chi connectivity index (χ3n) is 5.16. The Kier molecular flexibility index (Phi) is 4.07. The Morgan fingerprint density at radius 2 is 2.12 bits per heavy atom. The molecule has 2 aromatic rings. The van der Waals surface area contributed by atoms with E-state index in [1.807, 2.05) is 6.07 Å². The first-order chi connectivity index (χ1) is 11.6. The number of carbonyl (C=O) groups excluding carboxylic acids is 1. The van der Waals surface area contributed by atoms with Crippen LogP contribution >= 0.6 is 22.6 Å². The van der Waals surface area contributed by atoms with Crippen LogP contribution in [0.1, 0.15) is 19.3 Å². The van der Waals surface area contributed by atoms with Crippen molar-refractivity contribution < 1.29 is 9.53 Å². The van der Waals surface area contributed by atoms with Gasteiger partial charge in [-0.1, -0.05) is 0 Å². The maximum Gasteiger partial charge on any atom is 0.222 e. The summed E-state index contributed by atoms with van der Waals surface area (Å²) in [5.74, 6) is 0.599. The summed E-state index contributed by atoms with van der Waals surface area (Å²) in [4.78, 5) is 22.6. The van der Waals surface area contributed by atoms with Gasteiger partial charge in [0.15, 0.2) is 0 Å². The number of nitrogens with two attached hydrogens (primary N) is 1. The second-order valence-corrected chi connectivity index (χ2v) is 7.89. The average Bonchev–Trinajstić information content (AvgIpc) is 2.99. The Morgan fingerprint density at radius 1 is 1.33 bits per heavy atom. The van der Waals surface area contributed by atoms with Gasteiger partial charge in [0.1, 0.15) is 12.1 Å². The van der Waals surface area contributed by atoms with Crippen molar-refractivity contribution in [1.29, 1.82) is 0 Å². The summed E-state index contributed by atoms with van der Waals surface area (Å²) in [6.45, 7) is 2.19. The Labute approximate surface area is 153 Å². The molecule has 2 saturated heterocycles. The van der Waals surface area contributed by atoms with E-state index >= 15 is 0 Å². The summed E-state index contributed by atoms with van der Waals surface area (Å²) >= 11 is 2.31. The zero-order valence-corrected chi connectivity index (χ0v) is 15.4. The molecule has 1 aromatic heterocycles. The molecule has 0 radical (unpaired) electrons. The number of hydrogen-bond acceptors (Lipinski definition) is 5. The molecule has 24 heavy (non-hydrogen) atoms. The molecule has 3 heterocycles. The van der Waals surface area contributed by atoms with Gasteiger partial charge in [-0.3, -0.25) is 4.79 Å². The zero-order valence-electron chi connectivity index (χ0n) is 13.2. The minimum Gasteiger partial charge on any atom is -0.374 e. The molecule has 126 valence electrons. The third kappa shape index (κ3) is 2.83. The number of aromatic nitrogens is 2.